The Labute approximate surface area is 118 Å². The summed E-state index contributed by atoms with van der Waals surface area (Å²) in [5.74, 6) is -1.25. The summed E-state index contributed by atoms with van der Waals surface area (Å²) >= 11 is 0. The Morgan fingerprint density at radius 3 is 2.45 bits per heavy atom. The van der Waals surface area contributed by atoms with Crippen molar-refractivity contribution in [3.8, 4) is 0 Å². The second kappa shape index (κ2) is 4.75. The van der Waals surface area contributed by atoms with E-state index in [2.05, 4.69) is 0 Å². The van der Waals surface area contributed by atoms with Gasteiger partial charge >= 0.3 is 12.1 Å². The minimum Gasteiger partial charge on any atom is -0.481 e. The van der Waals surface area contributed by atoms with Gasteiger partial charge in [0, 0.05) is 24.9 Å². The molecule has 2 rings (SSSR count). The van der Waals surface area contributed by atoms with Crippen molar-refractivity contribution >= 4 is 17.8 Å². The fourth-order valence-corrected chi connectivity index (χ4v) is 2.93. The molecule has 0 aromatic heterocycles. The van der Waals surface area contributed by atoms with E-state index in [0.29, 0.717) is 19.4 Å². The van der Waals surface area contributed by atoms with E-state index in [1.807, 2.05) is 0 Å². The molecule has 1 aliphatic carbocycles. The number of likely N-dealkylation sites (tertiary alicyclic amines) is 1. The quantitative estimate of drug-likeness (QED) is 0.791. The van der Waals surface area contributed by atoms with Crippen LogP contribution in [0.3, 0.4) is 0 Å². The molecule has 1 aliphatic heterocycles. The lowest BCUT2D eigenvalue weighted by Crippen LogP contribution is -2.58. The Morgan fingerprint density at radius 2 is 1.95 bits per heavy atom. The maximum atomic E-state index is 12.0. The molecular weight excluding hydrogens is 262 g/mol. The number of carbonyl (C=O) groups is 3. The van der Waals surface area contributed by atoms with Crippen molar-refractivity contribution < 1.29 is 24.2 Å². The van der Waals surface area contributed by atoms with Gasteiger partial charge in [0.15, 0.2) is 0 Å². The number of nitrogens with zero attached hydrogens (tertiary/aromatic N) is 1. The molecule has 2 fully saturated rings. The Bertz CT molecular complexity index is 445. The number of hydrogen-bond acceptors (Lipinski definition) is 4. The lowest BCUT2D eigenvalue weighted by Gasteiger charge is -2.49. The highest BCUT2D eigenvalue weighted by Crippen LogP contribution is 2.49. The molecule has 2 aliphatic rings. The Kier molecular flexibility index (Phi) is 3.52. The van der Waals surface area contributed by atoms with Crippen molar-refractivity contribution in [2.75, 3.05) is 13.1 Å². The number of carboxylic acids is 1. The van der Waals surface area contributed by atoms with Gasteiger partial charge in [-0.25, -0.2) is 4.79 Å². The van der Waals surface area contributed by atoms with Gasteiger partial charge in [0.2, 0.25) is 0 Å². The number of amides is 1. The highest BCUT2D eigenvalue weighted by Gasteiger charge is 2.55. The van der Waals surface area contributed by atoms with Gasteiger partial charge in [0.25, 0.3) is 0 Å². The summed E-state index contributed by atoms with van der Waals surface area (Å²) in [4.78, 5) is 36.5. The number of Topliss-reactive ketones (excluding diaryl/α,β-unsaturated/α-hetero) is 1. The third-order valence-corrected chi connectivity index (χ3v) is 3.97. The molecule has 6 nitrogen and oxygen atoms in total. The average Bonchev–Trinajstić information content (AvgIpc) is 2.23. The Balaban J connectivity index is 2.01. The van der Waals surface area contributed by atoms with Crippen LogP contribution in [-0.2, 0) is 14.3 Å². The molecule has 1 saturated heterocycles. The first-order chi connectivity index (χ1) is 9.13. The molecule has 1 saturated carbocycles. The summed E-state index contributed by atoms with van der Waals surface area (Å²) < 4.78 is 5.31. The molecule has 0 atom stereocenters. The van der Waals surface area contributed by atoms with E-state index in [-0.39, 0.29) is 18.7 Å². The first-order valence-corrected chi connectivity index (χ1v) is 6.87. The summed E-state index contributed by atoms with van der Waals surface area (Å²) in [6, 6.07) is 0. The summed E-state index contributed by atoms with van der Waals surface area (Å²) in [5.41, 5.74) is -1.23. The summed E-state index contributed by atoms with van der Waals surface area (Å²) in [7, 11) is 0. The van der Waals surface area contributed by atoms with Crippen LogP contribution in [0.1, 0.15) is 40.0 Å². The largest absolute Gasteiger partial charge is 0.481 e. The Hall–Kier alpha value is -1.59. The SMILES string of the molecule is CC(C)(C)OC(=O)N1CCC(=O)C2(CC(C(=O)O)C2)C1. The van der Waals surface area contributed by atoms with Crippen LogP contribution in [0, 0.1) is 11.3 Å². The molecule has 0 aromatic rings. The van der Waals surface area contributed by atoms with Gasteiger partial charge in [-0.2, -0.15) is 0 Å². The normalized spacial score (nSPS) is 30.1. The molecule has 1 spiro atoms. The predicted molar refractivity (Wildman–Crippen MR) is 70.2 cm³/mol. The van der Waals surface area contributed by atoms with Gasteiger partial charge in [-0.05, 0) is 33.6 Å². The van der Waals surface area contributed by atoms with Gasteiger partial charge in [0.1, 0.15) is 11.4 Å². The third-order valence-electron chi connectivity index (χ3n) is 3.97. The molecule has 0 aromatic carbocycles. The predicted octanol–water partition coefficient (Wildman–Crippen LogP) is 1.68. The van der Waals surface area contributed by atoms with Gasteiger partial charge < -0.3 is 14.7 Å². The first-order valence-electron chi connectivity index (χ1n) is 6.87. The van der Waals surface area contributed by atoms with E-state index >= 15 is 0 Å². The van der Waals surface area contributed by atoms with Gasteiger partial charge in [-0.15, -0.1) is 0 Å². The van der Waals surface area contributed by atoms with Crippen molar-refractivity contribution in [2.45, 2.75) is 45.6 Å². The minimum atomic E-state index is -0.863. The summed E-state index contributed by atoms with van der Waals surface area (Å²) in [6.07, 6.45) is 0.523. The maximum Gasteiger partial charge on any atom is 0.410 e. The topological polar surface area (TPSA) is 83.9 Å². The van der Waals surface area contributed by atoms with Crippen LogP contribution in [0.4, 0.5) is 4.79 Å². The van der Waals surface area contributed by atoms with Crippen molar-refractivity contribution in [3.63, 3.8) is 0 Å². The number of aliphatic carboxylic acids is 1. The van der Waals surface area contributed by atoms with E-state index in [0.717, 1.165) is 0 Å². The van der Waals surface area contributed by atoms with Crippen molar-refractivity contribution in [3.05, 3.63) is 0 Å². The maximum absolute atomic E-state index is 12.0. The molecular formula is C14H21NO5. The van der Waals surface area contributed by atoms with Crippen LogP contribution in [0.2, 0.25) is 0 Å². The third kappa shape index (κ3) is 2.78. The first kappa shape index (κ1) is 14.8. The van der Waals surface area contributed by atoms with E-state index in [9.17, 15) is 14.4 Å². The molecule has 20 heavy (non-hydrogen) atoms. The standard InChI is InChI=1S/C14H21NO5/c1-13(2,3)20-12(19)15-5-4-10(16)14(8-15)6-9(7-14)11(17)18/h9H,4-8H2,1-3H3,(H,17,18). The molecule has 1 amide bonds. The van der Waals surface area contributed by atoms with E-state index in [1.165, 1.54) is 4.90 Å². The molecule has 0 bridgehead atoms. The lowest BCUT2D eigenvalue weighted by molar-refractivity contribution is -0.158. The van der Waals surface area contributed by atoms with Crippen molar-refractivity contribution in [1.29, 1.82) is 0 Å². The highest BCUT2D eigenvalue weighted by molar-refractivity contribution is 5.90. The molecule has 0 radical (unpaired) electrons. The summed E-state index contributed by atoms with van der Waals surface area (Å²) in [5, 5.41) is 8.94. The van der Waals surface area contributed by atoms with Gasteiger partial charge in [0.05, 0.1) is 5.92 Å². The van der Waals surface area contributed by atoms with Crippen molar-refractivity contribution in [2.24, 2.45) is 11.3 Å². The zero-order chi connectivity index (χ0) is 15.1. The van der Waals surface area contributed by atoms with Crippen molar-refractivity contribution in [1.82, 2.24) is 4.90 Å². The Morgan fingerprint density at radius 1 is 1.35 bits per heavy atom. The molecule has 6 heteroatoms. The highest BCUT2D eigenvalue weighted by atomic mass is 16.6. The zero-order valence-electron chi connectivity index (χ0n) is 12.1. The van der Waals surface area contributed by atoms with E-state index in [1.54, 1.807) is 20.8 Å². The van der Waals surface area contributed by atoms with Crippen LogP contribution >= 0.6 is 0 Å². The average molecular weight is 283 g/mol. The van der Waals surface area contributed by atoms with Crippen LogP contribution < -0.4 is 0 Å². The minimum absolute atomic E-state index is 0.0785. The smallest absolute Gasteiger partial charge is 0.410 e. The van der Waals surface area contributed by atoms with Gasteiger partial charge in [-0.3, -0.25) is 9.59 Å². The number of ketones is 1. The van der Waals surface area contributed by atoms with E-state index in [4.69, 9.17) is 9.84 Å². The van der Waals surface area contributed by atoms with Crippen LogP contribution in [0.25, 0.3) is 0 Å². The molecule has 0 unspecified atom stereocenters. The molecule has 1 heterocycles. The number of rotatable bonds is 1. The van der Waals surface area contributed by atoms with Crippen LogP contribution in [0.5, 0.6) is 0 Å². The zero-order valence-corrected chi connectivity index (χ0v) is 12.1. The number of piperidine rings is 1. The second-order valence-corrected chi connectivity index (χ2v) is 6.80. The monoisotopic (exact) mass is 283 g/mol. The van der Waals surface area contributed by atoms with Crippen LogP contribution in [-0.4, -0.2) is 46.5 Å². The van der Waals surface area contributed by atoms with E-state index < -0.39 is 29.0 Å². The second-order valence-electron chi connectivity index (χ2n) is 6.80. The molecule has 112 valence electrons. The number of hydrogen-bond donors (Lipinski definition) is 1. The number of ether oxygens (including phenoxy) is 1. The molecule has 1 N–H and O–H groups in total. The summed E-state index contributed by atoms with van der Waals surface area (Å²) in [6.45, 7) is 6.01. The van der Waals surface area contributed by atoms with Crippen LogP contribution in [0.15, 0.2) is 0 Å². The number of carboxylic acid groups (broad SMARTS) is 1. The lowest BCUT2D eigenvalue weighted by atomic mass is 9.58. The fraction of sp³-hybridized carbons (Fsp3) is 0.786. The number of carbonyl (C=O) groups excluding carboxylic acids is 2. The fourth-order valence-electron chi connectivity index (χ4n) is 2.93. The van der Waals surface area contributed by atoms with Gasteiger partial charge in [-0.1, -0.05) is 0 Å².